The van der Waals surface area contributed by atoms with Crippen molar-refractivity contribution in [2.45, 2.75) is 32.7 Å². The molecular weight excluding hydrogens is 322 g/mol. The third-order valence-electron chi connectivity index (χ3n) is 3.95. The van der Waals surface area contributed by atoms with Gasteiger partial charge >= 0.3 is 5.97 Å². The van der Waals surface area contributed by atoms with E-state index in [4.69, 9.17) is 4.74 Å². The summed E-state index contributed by atoms with van der Waals surface area (Å²) < 4.78 is 5.20. The number of carbonyl (C=O) groups is 2. The van der Waals surface area contributed by atoms with Crippen LogP contribution < -0.4 is 10.1 Å². The molecule has 2 rings (SSSR count). The van der Waals surface area contributed by atoms with E-state index in [2.05, 4.69) is 15.3 Å². The highest BCUT2D eigenvalue weighted by atomic mass is 16.5. The summed E-state index contributed by atoms with van der Waals surface area (Å²) in [4.78, 5) is 32.3. The second-order valence-corrected chi connectivity index (χ2v) is 6.01. The number of hydrogen-bond acceptors (Lipinski definition) is 5. The van der Waals surface area contributed by atoms with Crippen LogP contribution in [0.4, 0.5) is 0 Å². The Hall–Kier alpha value is -2.96. The summed E-state index contributed by atoms with van der Waals surface area (Å²) in [5.41, 5.74) is 0.362. The third-order valence-corrected chi connectivity index (χ3v) is 3.95. The van der Waals surface area contributed by atoms with E-state index in [9.17, 15) is 14.7 Å². The predicted molar refractivity (Wildman–Crippen MR) is 91.6 cm³/mol. The number of amides is 1. The van der Waals surface area contributed by atoms with Crippen molar-refractivity contribution in [3.8, 4) is 5.75 Å². The van der Waals surface area contributed by atoms with Crippen LogP contribution in [0.1, 0.15) is 40.8 Å². The first-order chi connectivity index (χ1) is 11.7. The van der Waals surface area contributed by atoms with Crippen molar-refractivity contribution in [1.82, 2.24) is 15.3 Å². The van der Waals surface area contributed by atoms with Gasteiger partial charge in [0.05, 0.1) is 30.3 Å². The van der Waals surface area contributed by atoms with Crippen molar-refractivity contribution in [3.05, 3.63) is 53.1 Å². The Morgan fingerprint density at radius 1 is 1.32 bits per heavy atom. The quantitative estimate of drug-likeness (QED) is 0.834. The first-order valence-corrected chi connectivity index (χ1v) is 7.74. The normalized spacial score (nSPS) is 13.0. The van der Waals surface area contributed by atoms with E-state index >= 15 is 0 Å². The maximum absolute atomic E-state index is 12.7. The maximum Gasteiger partial charge on any atom is 0.306 e. The zero-order valence-corrected chi connectivity index (χ0v) is 14.7. The van der Waals surface area contributed by atoms with E-state index in [1.807, 2.05) is 0 Å². The molecule has 7 nitrogen and oxygen atoms in total. The predicted octanol–water partition coefficient (Wildman–Crippen LogP) is 2.22. The number of rotatable bonds is 6. The Bertz CT molecular complexity index is 807. The summed E-state index contributed by atoms with van der Waals surface area (Å²) in [6.45, 7) is 5.11. The van der Waals surface area contributed by atoms with Gasteiger partial charge in [0.15, 0.2) is 0 Å². The van der Waals surface area contributed by atoms with Gasteiger partial charge in [-0.15, -0.1) is 0 Å². The largest absolute Gasteiger partial charge is 0.497 e. The molecule has 25 heavy (non-hydrogen) atoms. The summed E-state index contributed by atoms with van der Waals surface area (Å²) >= 11 is 0. The first kappa shape index (κ1) is 18.4. The van der Waals surface area contributed by atoms with Gasteiger partial charge in [-0.2, -0.15) is 0 Å². The van der Waals surface area contributed by atoms with Crippen LogP contribution in [-0.4, -0.2) is 34.1 Å². The topological polar surface area (TPSA) is 101 Å². The van der Waals surface area contributed by atoms with Gasteiger partial charge in [0.2, 0.25) is 0 Å². The zero-order chi connectivity index (χ0) is 18.6. The lowest BCUT2D eigenvalue weighted by Crippen LogP contribution is -2.45. The zero-order valence-electron chi connectivity index (χ0n) is 14.7. The molecular formula is C18H21N3O4. The van der Waals surface area contributed by atoms with Crippen molar-refractivity contribution in [1.29, 1.82) is 0 Å². The minimum Gasteiger partial charge on any atom is -0.497 e. The molecule has 0 fully saturated rings. The molecule has 0 radical (unpaired) electrons. The molecule has 1 atom stereocenters. The van der Waals surface area contributed by atoms with Crippen LogP contribution in [0, 0.1) is 13.8 Å². The molecule has 0 saturated heterocycles. The maximum atomic E-state index is 12.7. The number of ether oxygens (including phenoxy) is 1. The SMILES string of the molecule is COc1cccc(C(C)(CC(=O)O)NC(=O)c2cnc(C)nc2C)c1. The average molecular weight is 343 g/mol. The Kier molecular flexibility index (Phi) is 5.36. The highest BCUT2D eigenvalue weighted by Gasteiger charge is 2.32. The van der Waals surface area contributed by atoms with Crippen LogP contribution >= 0.6 is 0 Å². The minimum absolute atomic E-state index is 0.280. The number of nitrogens with one attached hydrogen (secondary N) is 1. The van der Waals surface area contributed by atoms with Gasteiger partial charge in [0.25, 0.3) is 5.91 Å². The lowest BCUT2D eigenvalue weighted by Gasteiger charge is -2.30. The summed E-state index contributed by atoms with van der Waals surface area (Å²) in [5.74, 6) is -0.306. The van der Waals surface area contributed by atoms with Crippen molar-refractivity contribution >= 4 is 11.9 Å². The van der Waals surface area contributed by atoms with Crippen molar-refractivity contribution in [3.63, 3.8) is 0 Å². The summed E-state index contributed by atoms with van der Waals surface area (Å²) in [5, 5.41) is 12.1. The second-order valence-electron chi connectivity index (χ2n) is 6.01. The van der Waals surface area contributed by atoms with Gasteiger partial charge < -0.3 is 15.2 Å². The first-order valence-electron chi connectivity index (χ1n) is 7.74. The lowest BCUT2D eigenvalue weighted by atomic mass is 9.88. The molecule has 0 saturated carbocycles. The van der Waals surface area contributed by atoms with Crippen LogP contribution in [0.5, 0.6) is 5.75 Å². The number of methoxy groups -OCH3 is 1. The molecule has 2 aromatic rings. The lowest BCUT2D eigenvalue weighted by molar-refractivity contribution is -0.138. The van der Waals surface area contributed by atoms with Crippen molar-refractivity contribution in [2.24, 2.45) is 0 Å². The Morgan fingerprint density at radius 2 is 2.04 bits per heavy atom. The van der Waals surface area contributed by atoms with E-state index in [1.54, 1.807) is 45.0 Å². The number of carbonyl (C=O) groups excluding carboxylic acids is 1. The number of benzene rings is 1. The second kappa shape index (κ2) is 7.29. The Morgan fingerprint density at radius 3 is 2.64 bits per heavy atom. The number of nitrogens with zero attached hydrogens (tertiary/aromatic N) is 2. The highest BCUT2D eigenvalue weighted by molar-refractivity contribution is 5.95. The molecule has 1 heterocycles. The molecule has 0 bridgehead atoms. The van der Waals surface area contributed by atoms with Crippen molar-refractivity contribution in [2.75, 3.05) is 7.11 Å². The number of aliphatic carboxylic acids is 1. The van der Waals surface area contributed by atoms with Crippen LogP contribution in [0.3, 0.4) is 0 Å². The Balaban J connectivity index is 2.39. The van der Waals surface area contributed by atoms with Crippen LogP contribution in [0.2, 0.25) is 0 Å². The molecule has 1 unspecified atom stereocenters. The van der Waals surface area contributed by atoms with Crippen molar-refractivity contribution < 1.29 is 19.4 Å². The molecule has 0 spiro atoms. The molecule has 2 N–H and O–H groups in total. The fourth-order valence-corrected chi connectivity index (χ4v) is 2.61. The fourth-order valence-electron chi connectivity index (χ4n) is 2.61. The number of hydrogen-bond donors (Lipinski definition) is 2. The van der Waals surface area contributed by atoms with Gasteiger partial charge in [-0.25, -0.2) is 9.97 Å². The average Bonchev–Trinajstić information content (AvgIpc) is 2.53. The van der Waals surface area contributed by atoms with Gasteiger partial charge in [0.1, 0.15) is 11.6 Å². The van der Waals surface area contributed by atoms with E-state index in [1.165, 1.54) is 13.3 Å². The molecule has 0 aliphatic carbocycles. The van der Waals surface area contributed by atoms with E-state index in [0.29, 0.717) is 28.4 Å². The van der Waals surface area contributed by atoms with Crippen LogP contribution in [0.15, 0.2) is 30.5 Å². The van der Waals surface area contributed by atoms with Gasteiger partial charge in [0, 0.05) is 6.20 Å². The summed E-state index contributed by atoms with van der Waals surface area (Å²) in [6, 6.07) is 6.97. The molecule has 0 aliphatic rings. The Labute approximate surface area is 146 Å². The standard InChI is InChI=1S/C18H21N3O4/c1-11-15(10-19-12(2)20-11)17(24)21-18(3,9-16(22)23)13-6-5-7-14(8-13)25-4/h5-8,10H,9H2,1-4H3,(H,21,24)(H,22,23). The molecule has 0 aliphatic heterocycles. The summed E-state index contributed by atoms with van der Waals surface area (Å²) in [6.07, 6.45) is 1.16. The smallest absolute Gasteiger partial charge is 0.306 e. The number of aromatic nitrogens is 2. The number of carboxylic acids is 1. The molecule has 7 heteroatoms. The van der Waals surface area contributed by atoms with E-state index < -0.39 is 17.4 Å². The van der Waals surface area contributed by atoms with Gasteiger partial charge in [-0.05, 0) is 38.5 Å². The van der Waals surface area contributed by atoms with Gasteiger partial charge in [-0.1, -0.05) is 12.1 Å². The number of carboxylic acid groups (broad SMARTS) is 1. The summed E-state index contributed by atoms with van der Waals surface area (Å²) in [7, 11) is 1.53. The molecule has 1 amide bonds. The van der Waals surface area contributed by atoms with Crippen LogP contribution in [-0.2, 0) is 10.3 Å². The molecule has 1 aromatic carbocycles. The third kappa shape index (κ3) is 4.32. The molecule has 132 valence electrons. The van der Waals surface area contributed by atoms with E-state index in [0.717, 1.165) is 0 Å². The fraction of sp³-hybridized carbons (Fsp3) is 0.333. The number of aryl methyl sites for hydroxylation is 2. The molecule has 1 aromatic heterocycles. The van der Waals surface area contributed by atoms with E-state index in [-0.39, 0.29) is 6.42 Å². The monoisotopic (exact) mass is 343 g/mol. The highest BCUT2D eigenvalue weighted by Crippen LogP contribution is 2.28. The minimum atomic E-state index is -1.12. The van der Waals surface area contributed by atoms with Gasteiger partial charge in [-0.3, -0.25) is 9.59 Å². The van der Waals surface area contributed by atoms with Crippen LogP contribution in [0.25, 0.3) is 0 Å².